The van der Waals surface area contributed by atoms with Crippen LogP contribution in [0, 0.1) is 0 Å². The predicted molar refractivity (Wildman–Crippen MR) is 69.9 cm³/mol. The second-order valence-electron chi connectivity index (χ2n) is 4.51. The standard InChI is InChI=1S/C12H12ClN5O/c1-7(2)11-14-12(19-17-11)8-3-4-18-9(5-8)15-16-10(18)6-13/h3-5,7H,6H2,1-2H3. The summed E-state index contributed by atoms with van der Waals surface area (Å²) in [5.41, 5.74) is 1.53. The lowest BCUT2D eigenvalue weighted by molar-refractivity contribution is 0.419. The average Bonchev–Trinajstić information content (AvgIpc) is 3.04. The van der Waals surface area contributed by atoms with Gasteiger partial charge in [-0.15, -0.1) is 21.8 Å². The topological polar surface area (TPSA) is 69.1 Å². The summed E-state index contributed by atoms with van der Waals surface area (Å²) in [5.74, 6) is 2.44. The fraction of sp³-hybridized carbons (Fsp3) is 0.333. The maximum atomic E-state index is 5.78. The predicted octanol–water partition coefficient (Wildman–Crippen LogP) is 2.64. The van der Waals surface area contributed by atoms with Crippen molar-refractivity contribution >= 4 is 17.2 Å². The highest BCUT2D eigenvalue weighted by molar-refractivity contribution is 6.16. The Hall–Kier alpha value is -1.95. The second kappa shape index (κ2) is 4.62. The van der Waals surface area contributed by atoms with Gasteiger partial charge in [0, 0.05) is 17.7 Å². The molecule has 3 aromatic heterocycles. The molecule has 98 valence electrons. The van der Waals surface area contributed by atoms with Crippen LogP contribution in [0.2, 0.25) is 0 Å². The molecule has 3 rings (SSSR count). The molecular formula is C12H12ClN5O. The summed E-state index contributed by atoms with van der Waals surface area (Å²) in [6.07, 6.45) is 1.85. The molecule has 0 saturated heterocycles. The molecule has 0 aliphatic carbocycles. The van der Waals surface area contributed by atoms with E-state index in [0.29, 0.717) is 29.1 Å². The second-order valence-corrected chi connectivity index (χ2v) is 4.77. The fourth-order valence-electron chi connectivity index (χ4n) is 1.75. The molecule has 0 radical (unpaired) electrons. The van der Waals surface area contributed by atoms with Crippen LogP contribution < -0.4 is 0 Å². The van der Waals surface area contributed by atoms with Gasteiger partial charge in [-0.2, -0.15) is 4.98 Å². The maximum absolute atomic E-state index is 5.78. The molecule has 6 nitrogen and oxygen atoms in total. The van der Waals surface area contributed by atoms with Crippen molar-refractivity contribution in [1.82, 2.24) is 24.7 Å². The molecule has 3 aromatic rings. The molecule has 19 heavy (non-hydrogen) atoms. The summed E-state index contributed by atoms with van der Waals surface area (Å²) in [7, 11) is 0. The Kier molecular flexibility index (Phi) is 2.94. The SMILES string of the molecule is CC(C)c1noc(-c2ccn3c(CCl)nnc3c2)n1. The summed E-state index contributed by atoms with van der Waals surface area (Å²) < 4.78 is 7.08. The lowest BCUT2D eigenvalue weighted by Gasteiger charge is -1.97. The molecule has 7 heteroatoms. The van der Waals surface area contributed by atoms with Crippen LogP contribution in [-0.4, -0.2) is 24.7 Å². The van der Waals surface area contributed by atoms with Crippen molar-refractivity contribution in [2.24, 2.45) is 0 Å². The summed E-state index contributed by atoms with van der Waals surface area (Å²) >= 11 is 5.78. The molecule has 0 unspecified atom stereocenters. The summed E-state index contributed by atoms with van der Waals surface area (Å²) in [5, 5.41) is 12.0. The number of hydrogen-bond acceptors (Lipinski definition) is 5. The van der Waals surface area contributed by atoms with Gasteiger partial charge in [-0.3, -0.25) is 4.40 Å². The van der Waals surface area contributed by atoms with Gasteiger partial charge in [-0.05, 0) is 12.1 Å². The molecule has 0 fully saturated rings. The fourth-order valence-corrected chi connectivity index (χ4v) is 1.93. The highest BCUT2D eigenvalue weighted by atomic mass is 35.5. The zero-order valence-electron chi connectivity index (χ0n) is 10.5. The summed E-state index contributed by atoms with van der Waals surface area (Å²) in [6, 6.07) is 3.73. The third-order valence-electron chi connectivity index (χ3n) is 2.81. The number of alkyl halides is 1. The Morgan fingerprint density at radius 3 is 2.89 bits per heavy atom. The number of fused-ring (bicyclic) bond motifs is 1. The van der Waals surface area contributed by atoms with E-state index in [9.17, 15) is 0 Å². The Morgan fingerprint density at radius 2 is 2.21 bits per heavy atom. The molecule has 0 aliphatic heterocycles. The Balaban J connectivity index is 2.04. The number of halogens is 1. The third kappa shape index (κ3) is 2.08. The van der Waals surface area contributed by atoms with Gasteiger partial charge < -0.3 is 4.52 Å². The van der Waals surface area contributed by atoms with E-state index in [1.165, 1.54) is 0 Å². The molecule has 3 heterocycles. The minimum atomic E-state index is 0.233. The van der Waals surface area contributed by atoms with Crippen LogP contribution in [-0.2, 0) is 5.88 Å². The molecular weight excluding hydrogens is 266 g/mol. The first-order valence-electron chi connectivity index (χ1n) is 5.92. The number of rotatable bonds is 3. The van der Waals surface area contributed by atoms with Crippen molar-refractivity contribution in [2.45, 2.75) is 25.6 Å². The van der Waals surface area contributed by atoms with Gasteiger partial charge >= 0.3 is 0 Å². The van der Waals surface area contributed by atoms with Crippen molar-refractivity contribution in [3.8, 4) is 11.5 Å². The number of hydrogen-bond donors (Lipinski definition) is 0. The van der Waals surface area contributed by atoms with Crippen molar-refractivity contribution in [3.05, 3.63) is 30.0 Å². The van der Waals surface area contributed by atoms with E-state index in [1.807, 2.05) is 36.6 Å². The quantitative estimate of drug-likeness (QED) is 0.688. The molecule has 0 aromatic carbocycles. The zero-order valence-corrected chi connectivity index (χ0v) is 11.3. The van der Waals surface area contributed by atoms with E-state index in [4.69, 9.17) is 16.1 Å². The Bertz CT molecular complexity index is 718. The van der Waals surface area contributed by atoms with E-state index >= 15 is 0 Å². The number of pyridine rings is 1. The van der Waals surface area contributed by atoms with Gasteiger partial charge in [0.15, 0.2) is 17.3 Å². The molecule has 0 aliphatic rings. The first-order valence-corrected chi connectivity index (χ1v) is 6.46. The highest BCUT2D eigenvalue weighted by Gasteiger charge is 2.13. The third-order valence-corrected chi connectivity index (χ3v) is 3.04. The van der Waals surface area contributed by atoms with Crippen LogP contribution in [0.3, 0.4) is 0 Å². The van der Waals surface area contributed by atoms with E-state index in [1.54, 1.807) is 0 Å². The van der Waals surface area contributed by atoms with Gasteiger partial charge in [-0.25, -0.2) is 0 Å². The minimum Gasteiger partial charge on any atom is -0.334 e. The number of nitrogens with zero attached hydrogens (tertiary/aromatic N) is 5. The first kappa shape index (κ1) is 12.1. The van der Waals surface area contributed by atoms with Crippen LogP contribution in [0.25, 0.3) is 17.1 Å². The van der Waals surface area contributed by atoms with Gasteiger partial charge in [0.2, 0.25) is 0 Å². The lowest BCUT2D eigenvalue weighted by Crippen LogP contribution is -1.92. The van der Waals surface area contributed by atoms with Crippen LogP contribution >= 0.6 is 11.6 Å². The van der Waals surface area contributed by atoms with Crippen molar-refractivity contribution < 1.29 is 4.52 Å². The lowest BCUT2D eigenvalue weighted by atomic mass is 10.2. The van der Waals surface area contributed by atoms with Crippen molar-refractivity contribution in [1.29, 1.82) is 0 Å². The van der Waals surface area contributed by atoms with Crippen LogP contribution in [0.4, 0.5) is 0 Å². The monoisotopic (exact) mass is 277 g/mol. The largest absolute Gasteiger partial charge is 0.334 e. The van der Waals surface area contributed by atoms with E-state index in [0.717, 1.165) is 5.56 Å². The minimum absolute atomic E-state index is 0.233. The Labute approximate surface area is 114 Å². The highest BCUT2D eigenvalue weighted by Crippen LogP contribution is 2.21. The smallest absolute Gasteiger partial charge is 0.258 e. The average molecular weight is 278 g/mol. The van der Waals surface area contributed by atoms with Crippen LogP contribution in [0.15, 0.2) is 22.9 Å². The van der Waals surface area contributed by atoms with Gasteiger partial charge in [0.25, 0.3) is 5.89 Å². The van der Waals surface area contributed by atoms with Gasteiger partial charge in [0.1, 0.15) is 0 Å². The summed E-state index contributed by atoms with van der Waals surface area (Å²) in [4.78, 5) is 4.35. The molecule has 0 N–H and O–H groups in total. The molecule has 0 atom stereocenters. The molecule has 0 spiro atoms. The van der Waals surface area contributed by atoms with E-state index in [-0.39, 0.29) is 5.92 Å². The Morgan fingerprint density at radius 1 is 1.37 bits per heavy atom. The molecule has 0 amide bonds. The van der Waals surface area contributed by atoms with E-state index in [2.05, 4.69) is 20.3 Å². The molecule has 0 saturated carbocycles. The first-order chi connectivity index (χ1) is 9.19. The summed E-state index contributed by atoms with van der Waals surface area (Å²) in [6.45, 7) is 4.03. The van der Waals surface area contributed by atoms with Crippen LogP contribution in [0.5, 0.6) is 0 Å². The number of aromatic nitrogens is 5. The zero-order chi connectivity index (χ0) is 13.4. The van der Waals surface area contributed by atoms with Crippen molar-refractivity contribution in [2.75, 3.05) is 0 Å². The van der Waals surface area contributed by atoms with E-state index < -0.39 is 0 Å². The normalized spacial score (nSPS) is 11.6. The van der Waals surface area contributed by atoms with Gasteiger partial charge in [0.05, 0.1) is 5.88 Å². The molecule has 0 bridgehead atoms. The van der Waals surface area contributed by atoms with Crippen LogP contribution in [0.1, 0.15) is 31.4 Å². The van der Waals surface area contributed by atoms with Gasteiger partial charge in [-0.1, -0.05) is 19.0 Å². The van der Waals surface area contributed by atoms with Crippen molar-refractivity contribution in [3.63, 3.8) is 0 Å². The maximum Gasteiger partial charge on any atom is 0.258 e.